The highest BCUT2D eigenvalue weighted by atomic mass is 32.2. The molecular formula is C47H54N6O7S2. The van der Waals surface area contributed by atoms with Gasteiger partial charge in [-0.2, -0.15) is 0 Å². The third-order valence-electron chi connectivity index (χ3n) is 12.4. The smallest absolute Gasteiger partial charge is 0.248 e. The number of piperazine rings is 1. The van der Waals surface area contributed by atoms with Gasteiger partial charge in [-0.25, -0.2) is 13.4 Å². The number of aliphatic hydroxyl groups is 1. The van der Waals surface area contributed by atoms with E-state index in [1.54, 1.807) is 36.5 Å². The molecule has 326 valence electrons. The number of carbonyl (C=O) groups excluding carboxylic acids is 1. The second kappa shape index (κ2) is 19.5. The number of pyridine rings is 2. The average molecular weight is 879 g/mol. The minimum absolute atomic E-state index is 0.0233. The van der Waals surface area contributed by atoms with Crippen molar-refractivity contribution in [3.8, 4) is 11.5 Å². The summed E-state index contributed by atoms with van der Waals surface area (Å²) in [5.41, 5.74) is 3.16. The van der Waals surface area contributed by atoms with E-state index in [9.17, 15) is 28.2 Å². The predicted octanol–water partition coefficient (Wildman–Crippen LogP) is 7.31. The van der Waals surface area contributed by atoms with Gasteiger partial charge in [-0.15, -0.1) is 11.3 Å². The molecule has 4 heterocycles. The minimum atomic E-state index is -3.91. The average Bonchev–Trinajstić information content (AvgIpc) is 3.63. The van der Waals surface area contributed by atoms with Crippen LogP contribution in [0.15, 0.2) is 105 Å². The lowest BCUT2D eigenvalue weighted by atomic mass is 10.0. The number of rotatable bonds is 15. The molecule has 3 aromatic carbocycles. The van der Waals surface area contributed by atoms with Gasteiger partial charge in [-0.3, -0.25) is 19.4 Å². The van der Waals surface area contributed by atoms with Crippen molar-refractivity contribution in [1.82, 2.24) is 25.1 Å². The number of ether oxygens (including phenoxy) is 1. The topological polar surface area (TPSA) is 177 Å². The maximum atomic E-state index is 13.7. The van der Waals surface area contributed by atoms with Crippen molar-refractivity contribution in [3.63, 3.8) is 0 Å². The second-order valence-electron chi connectivity index (χ2n) is 16.3. The number of aliphatic hydroxyl groups excluding tert-OH is 1. The number of hydrogen-bond acceptors (Lipinski definition) is 12. The molecule has 0 bridgehead atoms. The summed E-state index contributed by atoms with van der Waals surface area (Å²) in [7, 11) is -3.91. The number of carbonyl (C=O) groups is 1. The van der Waals surface area contributed by atoms with Crippen LogP contribution in [0.4, 0.5) is 5.69 Å². The fraction of sp³-hybridized carbons (Fsp3) is 0.383. The van der Waals surface area contributed by atoms with Crippen molar-refractivity contribution >= 4 is 53.8 Å². The Morgan fingerprint density at radius 2 is 1.77 bits per heavy atom. The lowest BCUT2D eigenvalue weighted by molar-refractivity contribution is -0.116. The van der Waals surface area contributed by atoms with Gasteiger partial charge in [0.05, 0.1) is 39.9 Å². The molecule has 15 heteroatoms. The van der Waals surface area contributed by atoms with E-state index in [1.807, 2.05) is 29.6 Å². The van der Waals surface area contributed by atoms with Gasteiger partial charge in [-0.1, -0.05) is 49.9 Å². The number of fused-ring (bicyclic) bond motifs is 2. The summed E-state index contributed by atoms with van der Waals surface area (Å²) in [5, 5.41) is 30.9. The molecule has 2 fully saturated rings. The van der Waals surface area contributed by atoms with Crippen molar-refractivity contribution in [2.24, 2.45) is 0 Å². The van der Waals surface area contributed by atoms with Crippen molar-refractivity contribution in [3.05, 3.63) is 117 Å². The summed E-state index contributed by atoms with van der Waals surface area (Å²) >= 11 is 1.51. The zero-order chi connectivity index (χ0) is 43.2. The van der Waals surface area contributed by atoms with E-state index in [0.29, 0.717) is 35.0 Å². The molecule has 2 atom stereocenters. The van der Waals surface area contributed by atoms with Crippen molar-refractivity contribution in [1.29, 1.82) is 0 Å². The number of phenols is 1. The Morgan fingerprint density at radius 1 is 0.968 bits per heavy atom. The van der Waals surface area contributed by atoms with Gasteiger partial charge < -0.3 is 30.6 Å². The molecule has 1 aliphatic heterocycles. The number of thiophene rings is 1. The molecular weight excluding hydrogens is 825 g/mol. The molecule has 3 aromatic heterocycles. The van der Waals surface area contributed by atoms with Crippen LogP contribution in [-0.4, -0.2) is 89.7 Å². The van der Waals surface area contributed by atoms with Crippen LogP contribution in [0.3, 0.4) is 0 Å². The van der Waals surface area contributed by atoms with Gasteiger partial charge >= 0.3 is 0 Å². The van der Waals surface area contributed by atoms with Crippen molar-refractivity contribution < 1.29 is 28.2 Å². The number of sulfone groups is 1. The van der Waals surface area contributed by atoms with Gasteiger partial charge in [0.1, 0.15) is 11.5 Å². The van der Waals surface area contributed by atoms with Gasteiger partial charge in [-0.05, 0) is 95.8 Å². The first-order chi connectivity index (χ1) is 30.0. The molecule has 0 unspecified atom stereocenters. The fourth-order valence-electron chi connectivity index (χ4n) is 8.82. The summed E-state index contributed by atoms with van der Waals surface area (Å²) in [6.07, 6.45) is 8.84. The minimum Gasteiger partial charge on any atom is -0.506 e. The lowest BCUT2D eigenvalue weighted by Crippen LogP contribution is -2.50. The van der Waals surface area contributed by atoms with Crippen LogP contribution >= 0.6 is 11.3 Å². The van der Waals surface area contributed by atoms with Crippen LogP contribution in [0.5, 0.6) is 11.5 Å². The number of aromatic hydroxyl groups is 1. The largest absolute Gasteiger partial charge is 0.506 e. The summed E-state index contributed by atoms with van der Waals surface area (Å²) < 4.78 is 34.1. The number of H-pyrrole nitrogens is 1. The third kappa shape index (κ3) is 9.88. The zero-order valence-corrected chi connectivity index (χ0v) is 36.5. The highest BCUT2D eigenvalue weighted by Gasteiger charge is 2.28. The van der Waals surface area contributed by atoms with Crippen molar-refractivity contribution in [2.75, 3.05) is 44.6 Å². The molecule has 5 N–H and O–H groups in total. The summed E-state index contributed by atoms with van der Waals surface area (Å²) in [6, 6.07) is 22.4. The third-order valence-corrected chi connectivity index (χ3v) is 15.0. The standard InChI is InChI=1S/C47H54N6O7S2/c1-31(52-21-23-53(24-22-52)34-7-4-2-3-5-8-34)32-12-18-45(49-29-32)62(58,59)36-10-6-9-35(27-36)60-25-19-44(57)50-40-15-11-33(37-20-26-61-47(37)40)28-48-30-42(55)38-13-16-41(54)46-39(38)14-17-43(56)51-46/h6,9-18,20,26-27,29,31,34,42,48,54-55H,2-5,7-8,19,21-25,28,30H2,1H3,(H,50,57)(H,51,56)/t31-,42-/m0/s1. The van der Waals surface area contributed by atoms with Crippen LogP contribution in [0.1, 0.15) is 80.7 Å². The van der Waals surface area contributed by atoms with Gasteiger partial charge in [0.15, 0.2) is 5.03 Å². The highest BCUT2D eigenvalue weighted by Crippen LogP contribution is 2.33. The number of hydrogen-bond donors (Lipinski definition) is 5. The molecule has 62 heavy (non-hydrogen) atoms. The number of amides is 1. The fourth-order valence-corrected chi connectivity index (χ4v) is 10.9. The van der Waals surface area contributed by atoms with Crippen LogP contribution in [0.2, 0.25) is 0 Å². The van der Waals surface area contributed by atoms with E-state index in [1.165, 1.54) is 74.1 Å². The number of anilines is 1. The summed E-state index contributed by atoms with van der Waals surface area (Å²) in [4.78, 5) is 37.1. The Morgan fingerprint density at radius 3 is 2.55 bits per heavy atom. The molecule has 0 radical (unpaired) electrons. The number of nitrogens with zero attached hydrogens (tertiary/aromatic N) is 3. The van der Waals surface area contributed by atoms with E-state index >= 15 is 0 Å². The normalized spacial score (nSPS) is 16.9. The lowest BCUT2D eigenvalue weighted by Gasteiger charge is -2.41. The first-order valence-electron chi connectivity index (χ1n) is 21.5. The van der Waals surface area contributed by atoms with E-state index in [0.717, 1.165) is 47.4 Å². The Balaban J connectivity index is 0.815. The molecule has 2 aliphatic rings. The molecule has 1 saturated heterocycles. The van der Waals surface area contributed by atoms with Crippen LogP contribution in [-0.2, 0) is 21.2 Å². The van der Waals surface area contributed by atoms with Gasteiger partial charge in [0.25, 0.3) is 0 Å². The molecule has 13 nitrogen and oxygen atoms in total. The summed E-state index contributed by atoms with van der Waals surface area (Å²) in [5.74, 6) is 0.0197. The van der Waals surface area contributed by atoms with Gasteiger partial charge in [0, 0.05) is 69.0 Å². The van der Waals surface area contributed by atoms with Crippen LogP contribution in [0, 0.1) is 0 Å². The van der Waals surface area contributed by atoms with Crippen molar-refractivity contribution in [2.45, 2.75) is 86.5 Å². The molecule has 8 rings (SSSR count). The number of nitrogens with one attached hydrogen (secondary N) is 3. The number of benzene rings is 3. The SMILES string of the molecule is C[C@@H](c1ccc(S(=O)(=O)c2cccc(OCCC(=O)Nc3ccc(CNC[C@H](O)c4ccc(O)c5[nH]c(=O)ccc45)c4ccsc34)c2)nc1)N1CCN(C2CCCCCC2)CC1. The van der Waals surface area contributed by atoms with E-state index in [4.69, 9.17) is 4.74 Å². The van der Waals surface area contributed by atoms with Crippen LogP contribution in [0.25, 0.3) is 21.0 Å². The first-order valence-corrected chi connectivity index (χ1v) is 23.9. The van der Waals surface area contributed by atoms with Gasteiger partial charge in [0.2, 0.25) is 21.3 Å². The van der Waals surface area contributed by atoms with E-state index in [2.05, 4.69) is 37.3 Å². The molecule has 1 saturated carbocycles. The zero-order valence-electron chi connectivity index (χ0n) is 34.9. The Labute approximate surface area is 365 Å². The molecule has 0 spiro atoms. The predicted molar refractivity (Wildman–Crippen MR) is 243 cm³/mol. The summed E-state index contributed by atoms with van der Waals surface area (Å²) in [6.45, 7) is 6.98. The Bertz CT molecular complexity index is 2670. The first kappa shape index (κ1) is 43.5. The second-order valence-corrected chi connectivity index (χ2v) is 19.1. The quantitative estimate of drug-likeness (QED) is 0.0654. The monoisotopic (exact) mass is 878 g/mol. The Hall–Kier alpha value is -5.16. The number of aromatic nitrogens is 2. The molecule has 1 amide bonds. The number of phenolic OH excluding ortho intramolecular Hbond substituents is 1. The molecule has 6 aromatic rings. The maximum Gasteiger partial charge on any atom is 0.248 e. The highest BCUT2D eigenvalue weighted by molar-refractivity contribution is 7.91. The van der Waals surface area contributed by atoms with E-state index in [-0.39, 0.29) is 58.3 Å². The maximum absolute atomic E-state index is 13.7. The Kier molecular flexibility index (Phi) is 13.7. The molecule has 1 aliphatic carbocycles. The number of aromatic amines is 1. The van der Waals surface area contributed by atoms with Crippen LogP contribution < -0.4 is 20.9 Å². The van der Waals surface area contributed by atoms with E-state index < -0.39 is 15.9 Å².